The third-order valence-electron chi connectivity index (χ3n) is 5.31. The maximum absolute atomic E-state index is 14.9. The highest BCUT2D eigenvalue weighted by molar-refractivity contribution is 6.02. The van der Waals surface area contributed by atoms with E-state index in [4.69, 9.17) is 4.74 Å². The first-order chi connectivity index (χ1) is 17.4. The Labute approximate surface area is 204 Å². The molecule has 2 aromatic carbocycles. The molecular weight excluding hydrogens is 506 g/mol. The van der Waals surface area contributed by atoms with Gasteiger partial charge in [0.15, 0.2) is 17.2 Å². The molecule has 0 atom stereocenters. The van der Waals surface area contributed by atoms with Gasteiger partial charge in [-0.1, -0.05) is 12.1 Å². The lowest BCUT2D eigenvalue weighted by Crippen LogP contribution is -2.37. The van der Waals surface area contributed by atoms with Crippen molar-refractivity contribution in [1.82, 2.24) is 9.97 Å². The Kier molecular flexibility index (Phi) is 6.55. The van der Waals surface area contributed by atoms with Crippen LogP contribution in [-0.2, 0) is 6.18 Å². The number of aryl methyl sites for hydroxylation is 1. The molecule has 37 heavy (non-hydrogen) atoms. The molecule has 0 radical (unpaired) electrons. The largest absolute Gasteiger partial charge is 0.710 e. The Morgan fingerprint density at radius 1 is 1.03 bits per heavy atom. The molecule has 0 unspecified atom stereocenters. The number of nitrogens with one attached hydrogen (secondary N) is 2. The SMILES string of the molecule is COc1cc(F)c(-c2[nH]c(C)c(C(=O)Nc3cccc(C(F)(F)F)c3)[n+]2[O-])nc1-c1c(F)cccc1F. The van der Waals surface area contributed by atoms with Gasteiger partial charge in [-0.3, -0.25) is 4.79 Å². The number of amides is 1. The molecular formula is C24H16F6N4O3. The number of rotatable bonds is 5. The number of carbonyl (C=O) groups is 1. The molecule has 0 aliphatic rings. The number of halogens is 6. The monoisotopic (exact) mass is 522 g/mol. The molecule has 0 aliphatic carbocycles. The summed E-state index contributed by atoms with van der Waals surface area (Å²) in [6, 6.07) is 7.51. The Morgan fingerprint density at radius 3 is 2.30 bits per heavy atom. The molecule has 1 amide bonds. The van der Waals surface area contributed by atoms with Crippen LogP contribution < -0.4 is 14.8 Å². The smallest absolute Gasteiger partial charge is 0.416 e. The lowest BCUT2D eigenvalue weighted by atomic mass is 10.1. The highest BCUT2D eigenvalue weighted by Crippen LogP contribution is 2.35. The fourth-order valence-electron chi connectivity index (χ4n) is 3.63. The number of methoxy groups -OCH3 is 1. The number of hydrogen-bond acceptors (Lipinski definition) is 4. The molecule has 13 heteroatoms. The van der Waals surface area contributed by atoms with Crippen LogP contribution in [0.25, 0.3) is 22.8 Å². The summed E-state index contributed by atoms with van der Waals surface area (Å²) >= 11 is 0. The van der Waals surface area contributed by atoms with Crippen molar-refractivity contribution < 1.29 is 40.6 Å². The molecule has 2 N–H and O–H groups in total. The van der Waals surface area contributed by atoms with Crippen molar-refractivity contribution in [2.24, 2.45) is 0 Å². The number of ether oxygens (including phenoxy) is 1. The van der Waals surface area contributed by atoms with Crippen LogP contribution in [0.4, 0.5) is 32.0 Å². The van der Waals surface area contributed by atoms with E-state index in [0.29, 0.717) is 6.07 Å². The molecule has 0 fully saturated rings. The standard InChI is InChI=1S/C24H16F6N4O3/c1-11-21(23(35)32-13-6-3-5-12(9-13)24(28,29)30)34(36)22(31-11)19-16(27)10-17(37-2)20(33-19)18-14(25)7-4-8-15(18)26/h3-10,31H,1-2H3,(H,32,35). The third kappa shape index (κ3) is 4.79. The molecule has 2 heterocycles. The fraction of sp³-hybridized carbons (Fsp3) is 0.125. The number of aromatic amines is 1. The van der Waals surface area contributed by atoms with Gasteiger partial charge < -0.3 is 15.3 Å². The number of hydrogen-bond donors (Lipinski definition) is 2. The number of aromatic nitrogens is 3. The van der Waals surface area contributed by atoms with E-state index in [1.807, 2.05) is 0 Å². The van der Waals surface area contributed by atoms with Gasteiger partial charge in [0.1, 0.15) is 23.1 Å². The van der Waals surface area contributed by atoms with E-state index in [2.05, 4.69) is 15.3 Å². The van der Waals surface area contributed by atoms with E-state index in [-0.39, 0.29) is 21.9 Å². The van der Waals surface area contributed by atoms with Crippen LogP contribution in [0.1, 0.15) is 21.7 Å². The van der Waals surface area contributed by atoms with E-state index in [0.717, 1.165) is 43.5 Å². The van der Waals surface area contributed by atoms with Gasteiger partial charge in [0.25, 0.3) is 5.91 Å². The zero-order valence-electron chi connectivity index (χ0n) is 19.0. The van der Waals surface area contributed by atoms with Gasteiger partial charge >= 0.3 is 12.0 Å². The number of alkyl halides is 3. The van der Waals surface area contributed by atoms with Gasteiger partial charge in [0.2, 0.25) is 5.69 Å². The summed E-state index contributed by atoms with van der Waals surface area (Å²) < 4.78 is 87.7. The lowest BCUT2D eigenvalue weighted by Gasteiger charge is -2.12. The van der Waals surface area contributed by atoms with Crippen molar-refractivity contribution in [3.8, 4) is 28.5 Å². The molecule has 192 valence electrons. The summed E-state index contributed by atoms with van der Waals surface area (Å²) in [7, 11) is 1.13. The minimum Gasteiger partial charge on any atom is -0.710 e. The summed E-state index contributed by atoms with van der Waals surface area (Å²) in [6.07, 6.45) is -4.66. The third-order valence-corrected chi connectivity index (χ3v) is 5.31. The molecule has 4 aromatic rings. The average Bonchev–Trinajstić information content (AvgIpc) is 3.12. The second-order valence-electron chi connectivity index (χ2n) is 7.74. The first-order valence-electron chi connectivity index (χ1n) is 10.4. The molecule has 0 saturated heterocycles. The van der Waals surface area contributed by atoms with Crippen molar-refractivity contribution >= 4 is 11.6 Å². The summed E-state index contributed by atoms with van der Waals surface area (Å²) in [5.74, 6) is -5.18. The van der Waals surface area contributed by atoms with Crippen LogP contribution in [-0.4, -0.2) is 23.0 Å². The predicted molar refractivity (Wildman–Crippen MR) is 119 cm³/mol. The number of benzene rings is 2. The van der Waals surface area contributed by atoms with Crippen LogP contribution in [0.3, 0.4) is 0 Å². The predicted octanol–water partition coefficient (Wildman–Crippen LogP) is 5.38. The summed E-state index contributed by atoms with van der Waals surface area (Å²) in [5, 5.41) is 15.2. The molecule has 0 aliphatic heterocycles. The van der Waals surface area contributed by atoms with Crippen molar-refractivity contribution in [2.45, 2.75) is 13.1 Å². The topological polar surface area (TPSA) is 94.0 Å². The van der Waals surface area contributed by atoms with E-state index >= 15 is 0 Å². The van der Waals surface area contributed by atoms with E-state index in [1.54, 1.807) is 0 Å². The van der Waals surface area contributed by atoms with E-state index in [9.17, 15) is 36.3 Å². The summed E-state index contributed by atoms with van der Waals surface area (Å²) in [4.78, 5) is 19.2. The van der Waals surface area contributed by atoms with Crippen LogP contribution in [0, 0.1) is 29.6 Å². The van der Waals surface area contributed by atoms with Gasteiger partial charge in [0.05, 0.1) is 18.2 Å². The zero-order chi connectivity index (χ0) is 27.1. The molecule has 0 saturated carbocycles. The van der Waals surface area contributed by atoms with Crippen molar-refractivity contribution in [1.29, 1.82) is 0 Å². The maximum Gasteiger partial charge on any atom is 0.416 e. The number of imidazole rings is 1. The lowest BCUT2D eigenvalue weighted by molar-refractivity contribution is -0.594. The Bertz CT molecular complexity index is 1500. The first-order valence-corrected chi connectivity index (χ1v) is 10.4. The quantitative estimate of drug-likeness (QED) is 0.209. The normalized spacial score (nSPS) is 11.5. The summed E-state index contributed by atoms with van der Waals surface area (Å²) in [6.45, 7) is 1.29. The van der Waals surface area contributed by atoms with Gasteiger partial charge in [0, 0.05) is 18.7 Å². The van der Waals surface area contributed by atoms with Crippen LogP contribution in [0.5, 0.6) is 5.75 Å². The average molecular weight is 522 g/mol. The number of nitrogens with zero attached hydrogens (tertiary/aromatic N) is 2. The molecule has 7 nitrogen and oxygen atoms in total. The fourth-order valence-corrected chi connectivity index (χ4v) is 3.63. The van der Waals surface area contributed by atoms with Crippen LogP contribution in [0.15, 0.2) is 48.5 Å². The van der Waals surface area contributed by atoms with Crippen molar-refractivity contribution in [3.05, 3.63) is 88.1 Å². The van der Waals surface area contributed by atoms with Crippen molar-refractivity contribution in [3.63, 3.8) is 0 Å². The van der Waals surface area contributed by atoms with Gasteiger partial charge in [-0.05, 0) is 30.3 Å². The highest BCUT2D eigenvalue weighted by Gasteiger charge is 2.32. The molecule has 0 spiro atoms. The number of pyridine rings is 1. The molecule has 2 aromatic heterocycles. The van der Waals surface area contributed by atoms with Gasteiger partial charge in [-0.25, -0.2) is 27.9 Å². The summed E-state index contributed by atoms with van der Waals surface area (Å²) in [5.41, 5.74) is -3.71. The first kappa shape index (κ1) is 25.5. The second kappa shape index (κ2) is 9.48. The minimum atomic E-state index is -4.66. The molecule has 4 rings (SSSR count). The second-order valence-corrected chi connectivity index (χ2v) is 7.74. The zero-order valence-corrected chi connectivity index (χ0v) is 19.0. The van der Waals surface area contributed by atoms with Crippen LogP contribution in [0.2, 0.25) is 0 Å². The Morgan fingerprint density at radius 2 is 1.68 bits per heavy atom. The van der Waals surface area contributed by atoms with Crippen LogP contribution >= 0.6 is 0 Å². The number of H-pyrrole nitrogens is 1. The molecule has 0 bridgehead atoms. The Balaban J connectivity index is 1.78. The Hall–Kier alpha value is -4.55. The van der Waals surface area contributed by atoms with Gasteiger partial charge in [-0.2, -0.15) is 13.2 Å². The maximum atomic E-state index is 14.9. The van der Waals surface area contributed by atoms with E-state index < -0.39 is 63.6 Å². The van der Waals surface area contributed by atoms with E-state index in [1.165, 1.54) is 13.0 Å². The number of anilines is 1. The number of carbonyl (C=O) groups excluding carboxylic acids is 1. The minimum absolute atomic E-state index is 0.0162. The van der Waals surface area contributed by atoms with Gasteiger partial charge in [-0.15, -0.1) is 0 Å². The van der Waals surface area contributed by atoms with Crippen molar-refractivity contribution in [2.75, 3.05) is 12.4 Å². The highest BCUT2D eigenvalue weighted by atomic mass is 19.4.